The van der Waals surface area contributed by atoms with Crippen LogP contribution in [0, 0.1) is 5.92 Å². The third kappa shape index (κ3) is 15.8. The third-order valence-electron chi connectivity index (χ3n) is 2.00. The zero-order valence-electron chi connectivity index (χ0n) is 10.2. The molecule has 0 radical (unpaired) electrons. The number of aliphatic hydroxyl groups is 2. The van der Waals surface area contributed by atoms with Crippen LogP contribution in [0.25, 0.3) is 0 Å². The van der Waals surface area contributed by atoms with Crippen LogP contribution in [0.15, 0.2) is 0 Å². The predicted molar refractivity (Wildman–Crippen MR) is 72.2 cm³/mol. The van der Waals surface area contributed by atoms with Crippen molar-refractivity contribution in [1.29, 1.82) is 0 Å². The second-order valence-electron chi connectivity index (χ2n) is 4.61. The minimum Gasteiger partial charge on any atom is -0.390 e. The molecule has 0 heterocycles. The summed E-state index contributed by atoms with van der Waals surface area (Å²) in [7, 11) is 3.18. The van der Waals surface area contributed by atoms with Crippen molar-refractivity contribution >= 4 is 0 Å². The fourth-order valence-corrected chi connectivity index (χ4v) is 1.14. The summed E-state index contributed by atoms with van der Waals surface area (Å²) < 4.78 is 9.41. The van der Waals surface area contributed by atoms with Gasteiger partial charge in [0.1, 0.15) is 0 Å². The molecule has 0 aliphatic heterocycles. The van der Waals surface area contributed by atoms with Gasteiger partial charge in [-0.05, 0) is 32.6 Å². The molecule has 4 nitrogen and oxygen atoms in total. The molecule has 2 N–H and O–H groups in total. The van der Waals surface area contributed by atoms with E-state index >= 15 is 0 Å². The Morgan fingerprint density at radius 3 is 1.82 bits per heavy atom. The second kappa shape index (κ2) is 11.0. The molecule has 0 saturated heterocycles. The van der Waals surface area contributed by atoms with E-state index in [4.69, 9.17) is 14.9 Å². The molecule has 4 heteroatoms. The molecular weight excluding hydrogens is 220 g/mol. The van der Waals surface area contributed by atoms with Gasteiger partial charge in [0.2, 0.25) is 0 Å². The monoisotopic (exact) mass is 252 g/mol. The molecule has 1 saturated carbocycles. The number of rotatable bonds is 5. The zero-order valence-corrected chi connectivity index (χ0v) is 10.2. The maximum absolute atomic E-state index is 9.06. The van der Waals surface area contributed by atoms with Gasteiger partial charge in [0.05, 0.1) is 24.9 Å². The molecule has 1 aliphatic rings. The van der Waals surface area contributed by atoms with Gasteiger partial charge in [-0.25, -0.2) is 0 Å². The second-order valence-corrected chi connectivity index (χ2v) is 4.61. The van der Waals surface area contributed by atoms with Crippen LogP contribution in [0.1, 0.15) is 41.5 Å². The van der Waals surface area contributed by atoms with Gasteiger partial charge in [0, 0.05) is 14.2 Å². The first-order chi connectivity index (χ1) is 6.90. The van der Waals surface area contributed by atoms with Crippen molar-refractivity contribution in [2.75, 3.05) is 27.4 Å². The van der Waals surface area contributed by atoms with Gasteiger partial charge in [-0.2, -0.15) is 0 Å². The lowest BCUT2D eigenvalue weighted by Gasteiger charge is -2.13. The molecule has 0 spiro atoms. The van der Waals surface area contributed by atoms with Crippen LogP contribution >= 0.6 is 0 Å². The molecule has 0 amide bonds. The van der Waals surface area contributed by atoms with Crippen molar-refractivity contribution in [3.8, 4) is 0 Å². The maximum atomic E-state index is 9.06. The SMILES string of the molecule is C.C.COCC(C)(C)O.COCC(O)C1CC1. The Bertz CT molecular complexity index is 150. The number of hydrogen-bond donors (Lipinski definition) is 2. The molecule has 0 aromatic carbocycles. The Balaban J connectivity index is -0.000000208. The van der Waals surface area contributed by atoms with Crippen LogP contribution in [0.5, 0.6) is 0 Å². The van der Waals surface area contributed by atoms with Crippen molar-refractivity contribution in [2.24, 2.45) is 5.92 Å². The van der Waals surface area contributed by atoms with E-state index < -0.39 is 5.60 Å². The topological polar surface area (TPSA) is 58.9 Å². The molecule has 1 rings (SSSR count). The molecule has 0 bridgehead atoms. The molecule has 1 fully saturated rings. The Kier molecular flexibility index (Phi) is 14.2. The van der Waals surface area contributed by atoms with Gasteiger partial charge >= 0.3 is 0 Å². The van der Waals surface area contributed by atoms with E-state index in [0.29, 0.717) is 19.1 Å². The summed E-state index contributed by atoms with van der Waals surface area (Å²) in [6.07, 6.45) is 2.18. The zero-order chi connectivity index (χ0) is 11.9. The fraction of sp³-hybridized carbons (Fsp3) is 1.00. The normalized spacial score (nSPS) is 15.9. The van der Waals surface area contributed by atoms with Gasteiger partial charge in [0.15, 0.2) is 0 Å². The van der Waals surface area contributed by atoms with Crippen molar-refractivity contribution in [2.45, 2.75) is 53.2 Å². The van der Waals surface area contributed by atoms with E-state index in [9.17, 15) is 0 Å². The third-order valence-corrected chi connectivity index (χ3v) is 2.00. The Morgan fingerprint density at radius 1 is 1.18 bits per heavy atom. The van der Waals surface area contributed by atoms with E-state index in [0.717, 1.165) is 0 Å². The van der Waals surface area contributed by atoms with Crippen LogP contribution in [-0.2, 0) is 9.47 Å². The highest BCUT2D eigenvalue weighted by molar-refractivity contribution is 4.80. The Labute approximate surface area is 107 Å². The summed E-state index contributed by atoms with van der Waals surface area (Å²) in [5.74, 6) is 0.551. The smallest absolute Gasteiger partial charge is 0.0824 e. The molecular formula is C13H32O4. The minimum absolute atomic E-state index is 0. The van der Waals surface area contributed by atoms with Gasteiger partial charge < -0.3 is 19.7 Å². The highest BCUT2D eigenvalue weighted by Crippen LogP contribution is 2.32. The first kappa shape index (κ1) is 22.1. The number of ether oxygens (including phenoxy) is 2. The summed E-state index contributed by atoms with van der Waals surface area (Å²) >= 11 is 0. The van der Waals surface area contributed by atoms with E-state index in [2.05, 4.69) is 4.74 Å². The lowest BCUT2D eigenvalue weighted by atomic mass is 10.2. The van der Waals surface area contributed by atoms with Crippen LogP contribution in [0.3, 0.4) is 0 Å². The lowest BCUT2D eigenvalue weighted by Crippen LogP contribution is -2.24. The van der Waals surface area contributed by atoms with Crippen LogP contribution in [0.4, 0.5) is 0 Å². The maximum Gasteiger partial charge on any atom is 0.0824 e. The fourth-order valence-electron chi connectivity index (χ4n) is 1.14. The summed E-state index contributed by atoms with van der Waals surface area (Å²) in [6, 6.07) is 0. The number of methoxy groups -OCH3 is 2. The van der Waals surface area contributed by atoms with E-state index in [-0.39, 0.29) is 21.0 Å². The van der Waals surface area contributed by atoms with Crippen molar-refractivity contribution in [1.82, 2.24) is 0 Å². The quantitative estimate of drug-likeness (QED) is 0.786. The molecule has 1 unspecified atom stereocenters. The lowest BCUT2D eigenvalue weighted by molar-refractivity contribution is -0.00196. The first-order valence-corrected chi connectivity index (χ1v) is 5.29. The summed E-state index contributed by atoms with van der Waals surface area (Å²) in [6.45, 7) is 4.31. The largest absolute Gasteiger partial charge is 0.390 e. The van der Waals surface area contributed by atoms with Gasteiger partial charge in [-0.3, -0.25) is 0 Å². The van der Waals surface area contributed by atoms with Gasteiger partial charge in [0.25, 0.3) is 0 Å². The summed E-state index contributed by atoms with van der Waals surface area (Å²) in [4.78, 5) is 0. The predicted octanol–water partition coefficient (Wildman–Crippen LogP) is 2.08. The first-order valence-electron chi connectivity index (χ1n) is 5.29. The minimum atomic E-state index is -0.672. The van der Waals surface area contributed by atoms with E-state index in [1.54, 1.807) is 28.1 Å². The molecule has 0 aromatic rings. The average Bonchev–Trinajstić information content (AvgIpc) is 2.85. The standard InChI is InChI=1S/C6H12O2.C5H12O2.2CH4/c1-8-4-6(7)5-2-3-5;1-5(2,6)4-7-3;;/h5-7H,2-4H2,1H3;6H,4H2,1-3H3;2*1H4. The molecule has 108 valence electrons. The van der Waals surface area contributed by atoms with Gasteiger partial charge in [-0.15, -0.1) is 0 Å². The van der Waals surface area contributed by atoms with Crippen molar-refractivity contribution in [3.63, 3.8) is 0 Å². The number of aliphatic hydroxyl groups excluding tert-OH is 1. The molecule has 1 atom stereocenters. The van der Waals surface area contributed by atoms with Crippen LogP contribution in [0.2, 0.25) is 0 Å². The summed E-state index contributed by atoms with van der Waals surface area (Å²) in [5.41, 5.74) is -0.672. The molecule has 0 aromatic heterocycles. The van der Waals surface area contributed by atoms with E-state index in [1.807, 2.05) is 0 Å². The van der Waals surface area contributed by atoms with E-state index in [1.165, 1.54) is 12.8 Å². The Hall–Kier alpha value is -0.160. The van der Waals surface area contributed by atoms with Crippen LogP contribution in [-0.4, -0.2) is 49.4 Å². The summed E-state index contributed by atoms with van der Waals surface area (Å²) in [5, 5.41) is 18.0. The van der Waals surface area contributed by atoms with Crippen molar-refractivity contribution < 1.29 is 19.7 Å². The van der Waals surface area contributed by atoms with Crippen molar-refractivity contribution in [3.05, 3.63) is 0 Å². The Morgan fingerprint density at radius 2 is 1.65 bits per heavy atom. The highest BCUT2D eigenvalue weighted by Gasteiger charge is 2.29. The average molecular weight is 252 g/mol. The van der Waals surface area contributed by atoms with Crippen LogP contribution < -0.4 is 0 Å². The number of hydrogen-bond acceptors (Lipinski definition) is 4. The molecule has 1 aliphatic carbocycles. The van der Waals surface area contributed by atoms with Gasteiger partial charge in [-0.1, -0.05) is 14.9 Å². The highest BCUT2D eigenvalue weighted by atomic mass is 16.5. The molecule has 17 heavy (non-hydrogen) atoms.